The quantitative estimate of drug-likeness (QED) is 0.756. The summed E-state index contributed by atoms with van der Waals surface area (Å²) in [6, 6.07) is 14.4. The molecule has 0 saturated heterocycles. The molecule has 4 heteroatoms. The van der Waals surface area contributed by atoms with Crippen LogP contribution in [0.2, 0.25) is 0 Å². The molecule has 2 N–H and O–H groups in total. The first-order valence-corrected chi connectivity index (χ1v) is 7.46. The molecule has 2 rings (SSSR count). The fraction of sp³-hybridized carbons (Fsp3) is 0.333. The number of hydrogen-bond acceptors (Lipinski definition) is 3. The smallest absolute Gasteiger partial charge is 0.165 e. The maximum absolute atomic E-state index is 13.4. The van der Waals surface area contributed by atoms with E-state index in [-0.39, 0.29) is 11.7 Å². The molecule has 3 nitrogen and oxygen atoms in total. The largest absolute Gasteiger partial charge is 0.497 e. The van der Waals surface area contributed by atoms with E-state index in [0.717, 1.165) is 18.6 Å². The van der Waals surface area contributed by atoms with Gasteiger partial charge in [-0.2, -0.15) is 0 Å². The van der Waals surface area contributed by atoms with Crippen LogP contribution in [0.3, 0.4) is 0 Å². The normalized spacial score (nSPS) is 12.0. The van der Waals surface area contributed by atoms with Crippen molar-refractivity contribution in [2.45, 2.75) is 18.8 Å². The third-order valence-electron chi connectivity index (χ3n) is 3.66. The Labute approximate surface area is 130 Å². The molecule has 0 fully saturated rings. The van der Waals surface area contributed by atoms with Gasteiger partial charge in [-0.15, -0.1) is 0 Å². The molecular formula is C18H22FNO2. The first-order valence-electron chi connectivity index (χ1n) is 7.46. The van der Waals surface area contributed by atoms with Crippen molar-refractivity contribution in [1.29, 1.82) is 0 Å². The monoisotopic (exact) mass is 303 g/mol. The summed E-state index contributed by atoms with van der Waals surface area (Å²) in [6.07, 6.45) is 1.72. The summed E-state index contributed by atoms with van der Waals surface area (Å²) in [6.45, 7) is 1.06. The zero-order valence-corrected chi connectivity index (χ0v) is 12.8. The van der Waals surface area contributed by atoms with Crippen LogP contribution in [0.4, 0.5) is 4.39 Å². The highest BCUT2D eigenvalue weighted by Crippen LogP contribution is 2.23. The van der Waals surface area contributed by atoms with Crippen LogP contribution in [-0.2, 0) is 0 Å². The van der Waals surface area contributed by atoms with Gasteiger partial charge in [0, 0.05) is 0 Å². The molecule has 2 aromatic rings. The molecular weight excluding hydrogens is 281 g/mol. The van der Waals surface area contributed by atoms with E-state index in [2.05, 4.69) is 0 Å². The summed E-state index contributed by atoms with van der Waals surface area (Å²) < 4.78 is 24.0. The van der Waals surface area contributed by atoms with Crippen molar-refractivity contribution in [2.24, 2.45) is 5.73 Å². The van der Waals surface area contributed by atoms with Gasteiger partial charge < -0.3 is 15.2 Å². The zero-order valence-electron chi connectivity index (χ0n) is 12.8. The third kappa shape index (κ3) is 4.46. The number of para-hydroxylation sites is 1. The predicted molar refractivity (Wildman–Crippen MR) is 85.9 cm³/mol. The van der Waals surface area contributed by atoms with E-state index >= 15 is 0 Å². The third-order valence-corrected chi connectivity index (χ3v) is 3.66. The Bertz CT molecular complexity index is 572. The molecule has 118 valence electrons. The molecule has 0 aliphatic carbocycles. The van der Waals surface area contributed by atoms with Gasteiger partial charge in [-0.3, -0.25) is 0 Å². The Morgan fingerprint density at radius 1 is 1.09 bits per heavy atom. The number of nitrogens with two attached hydrogens (primary N) is 1. The van der Waals surface area contributed by atoms with Crippen molar-refractivity contribution in [3.05, 3.63) is 59.9 Å². The van der Waals surface area contributed by atoms with Crippen LogP contribution in [0, 0.1) is 5.82 Å². The molecule has 0 saturated carbocycles. The second kappa shape index (κ2) is 8.39. The van der Waals surface area contributed by atoms with Crippen LogP contribution in [0.1, 0.15) is 24.3 Å². The van der Waals surface area contributed by atoms with E-state index in [1.54, 1.807) is 25.3 Å². The van der Waals surface area contributed by atoms with Gasteiger partial charge >= 0.3 is 0 Å². The number of benzene rings is 2. The van der Waals surface area contributed by atoms with Gasteiger partial charge in [-0.1, -0.05) is 24.3 Å². The van der Waals surface area contributed by atoms with Crippen molar-refractivity contribution in [3.8, 4) is 11.5 Å². The molecule has 1 unspecified atom stereocenters. The standard InChI is InChI=1S/C18H22FNO2/c1-21-16-10-8-14(9-11-16)15(13-20)5-4-12-22-18-7-3-2-6-17(18)19/h2-3,6-11,15H,4-5,12-13,20H2,1H3. The van der Waals surface area contributed by atoms with Crippen LogP contribution in [0.15, 0.2) is 48.5 Å². The highest BCUT2D eigenvalue weighted by atomic mass is 19.1. The van der Waals surface area contributed by atoms with Gasteiger partial charge in [0.05, 0.1) is 13.7 Å². The number of rotatable bonds is 8. The van der Waals surface area contributed by atoms with Gasteiger partial charge in [0.1, 0.15) is 5.75 Å². The van der Waals surface area contributed by atoms with Crippen LogP contribution in [-0.4, -0.2) is 20.3 Å². The van der Waals surface area contributed by atoms with Crippen LogP contribution >= 0.6 is 0 Å². The molecule has 0 aliphatic heterocycles. The lowest BCUT2D eigenvalue weighted by molar-refractivity contribution is 0.287. The molecule has 0 radical (unpaired) electrons. The van der Waals surface area contributed by atoms with E-state index in [0.29, 0.717) is 18.9 Å². The molecule has 0 heterocycles. The Morgan fingerprint density at radius 2 is 1.82 bits per heavy atom. The SMILES string of the molecule is COc1ccc(C(CN)CCCOc2ccccc2F)cc1. The Hall–Kier alpha value is -2.07. The van der Waals surface area contributed by atoms with Crippen molar-refractivity contribution in [2.75, 3.05) is 20.3 Å². The van der Waals surface area contributed by atoms with Gasteiger partial charge in [0.15, 0.2) is 11.6 Å². The molecule has 1 atom stereocenters. The lowest BCUT2D eigenvalue weighted by Crippen LogP contribution is -2.13. The molecule has 0 bridgehead atoms. The fourth-order valence-electron chi connectivity index (χ4n) is 2.37. The van der Waals surface area contributed by atoms with E-state index in [1.807, 2.05) is 24.3 Å². The average molecular weight is 303 g/mol. The Balaban J connectivity index is 1.82. The number of methoxy groups -OCH3 is 1. The van der Waals surface area contributed by atoms with E-state index in [9.17, 15) is 4.39 Å². The maximum Gasteiger partial charge on any atom is 0.165 e. The predicted octanol–water partition coefficient (Wildman–Crippen LogP) is 3.74. The minimum Gasteiger partial charge on any atom is -0.497 e. The van der Waals surface area contributed by atoms with Crippen molar-refractivity contribution in [1.82, 2.24) is 0 Å². The molecule has 2 aromatic carbocycles. The molecule has 22 heavy (non-hydrogen) atoms. The first-order chi connectivity index (χ1) is 10.7. The number of ether oxygens (including phenoxy) is 2. The van der Waals surface area contributed by atoms with Crippen LogP contribution in [0.25, 0.3) is 0 Å². The highest BCUT2D eigenvalue weighted by Gasteiger charge is 2.10. The maximum atomic E-state index is 13.4. The van der Waals surface area contributed by atoms with Gasteiger partial charge in [-0.05, 0) is 55.1 Å². The van der Waals surface area contributed by atoms with Gasteiger partial charge in [-0.25, -0.2) is 4.39 Å². The molecule has 0 spiro atoms. The fourth-order valence-corrected chi connectivity index (χ4v) is 2.37. The topological polar surface area (TPSA) is 44.5 Å². The average Bonchev–Trinajstić information content (AvgIpc) is 2.57. The summed E-state index contributed by atoms with van der Waals surface area (Å²) in [4.78, 5) is 0. The van der Waals surface area contributed by atoms with Gasteiger partial charge in [0.25, 0.3) is 0 Å². The summed E-state index contributed by atoms with van der Waals surface area (Å²) in [5.74, 6) is 1.09. The summed E-state index contributed by atoms with van der Waals surface area (Å²) in [5.41, 5.74) is 7.05. The Morgan fingerprint density at radius 3 is 2.45 bits per heavy atom. The lowest BCUT2D eigenvalue weighted by atomic mass is 9.94. The first kappa shape index (κ1) is 16.3. The lowest BCUT2D eigenvalue weighted by Gasteiger charge is -2.16. The van der Waals surface area contributed by atoms with Crippen LogP contribution < -0.4 is 15.2 Å². The van der Waals surface area contributed by atoms with E-state index in [1.165, 1.54) is 11.6 Å². The number of hydrogen-bond donors (Lipinski definition) is 1. The minimum atomic E-state index is -0.326. The molecule has 0 amide bonds. The zero-order chi connectivity index (χ0) is 15.8. The highest BCUT2D eigenvalue weighted by molar-refractivity contribution is 5.29. The molecule has 0 aromatic heterocycles. The summed E-state index contributed by atoms with van der Waals surface area (Å²) >= 11 is 0. The number of halogens is 1. The van der Waals surface area contributed by atoms with Gasteiger partial charge in [0.2, 0.25) is 0 Å². The second-order valence-corrected chi connectivity index (χ2v) is 5.13. The van der Waals surface area contributed by atoms with E-state index in [4.69, 9.17) is 15.2 Å². The van der Waals surface area contributed by atoms with Crippen molar-refractivity contribution >= 4 is 0 Å². The van der Waals surface area contributed by atoms with E-state index < -0.39 is 0 Å². The van der Waals surface area contributed by atoms with Crippen LogP contribution in [0.5, 0.6) is 11.5 Å². The Kier molecular flexibility index (Phi) is 6.22. The van der Waals surface area contributed by atoms with Crippen molar-refractivity contribution in [3.63, 3.8) is 0 Å². The molecule has 0 aliphatic rings. The van der Waals surface area contributed by atoms with Crippen molar-refractivity contribution < 1.29 is 13.9 Å². The summed E-state index contributed by atoms with van der Waals surface area (Å²) in [7, 11) is 1.65. The summed E-state index contributed by atoms with van der Waals surface area (Å²) in [5, 5.41) is 0. The minimum absolute atomic E-state index is 0.273. The second-order valence-electron chi connectivity index (χ2n) is 5.13.